The van der Waals surface area contributed by atoms with Gasteiger partial charge in [-0.1, -0.05) is 34.6 Å². The highest BCUT2D eigenvalue weighted by Gasteiger charge is 2.30. The summed E-state index contributed by atoms with van der Waals surface area (Å²) in [5.74, 6) is -0.571. The van der Waals surface area contributed by atoms with E-state index < -0.39 is 0 Å². The minimum Gasteiger partial charge on any atom is -0.374 e. The van der Waals surface area contributed by atoms with Gasteiger partial charge in [-0.15, -0.1) is 0 Å². The first-order valence-electron chi connectivity index (χ1n) is 11.0. The van der Waals surface area contributed by atoms with Gasteiger partial charge in [0.1, 0.15) is 0 Å². The Bertz CT molecular complexity index is 714. The Labute approximate surface area is 181 Å². The average Bonchev–Trinajstić information content (AvgIpc) is 2.79. The monoisotopic (exact) mass is 415 g/mol. The van der Waals surface area contributed by atoms with Gasteiger partial charge in [-0.05, 0) is 61.8 Å². The number of ether oxygens (including phenoxy) is 1. The van der Waals surface area contributed by atoms with Crippen molar-refractivity contribution in [2.45, 2.75) is 72.3 Å². The topological polar surface area (TPSA) is 91.2 Å². The van der Waals surface area contributed by atoms with E-state index in [9.17, 15) is 9.59 Å². The number of nitrogens with one attached hydrogen (secondary N) is 2. The van der Waals surface area contributed by atoms with E-state index >= 15 is 0 Å². The second-order valence-electron chi connectivity index (χ2n) is 8.17. The summed E-state index contributed by atoms with van der Waals surface area (Å²) < 4.78 is 6.39. The molecule has 0 aromatic heterocycles. The van der Waals surface area contributed by atoms with Crippen LogP contribution in [0.25, 0.3) is 0 Å². The third-order valence-corrected chi connectivity index (χ3v) is 6.31. The van der Waals surface area contributed by atoms with E-state index in [-0.39, 0.29) is 29.4 Å². The first kappa shape index (κ1) is 25.6. The molecular formula is C24H37N3O3. The number of benzene rings is 1. The molecular weight excluding hydrogens is 378 g/mol. The first-order chi connectivity index (χ1) is 14.3. The third-order valence-electron chi connectivity index (χ3n) is 6.31. The smallest absolute Gasteiger partial charge is 0.251 e. The van der Waals surface area contributed by atoms with E-state index in [1.165, 1.54) is 0 Å². The second-order valence-corrected chi connectivity index (χ2v) is 8.17. The SMILES string of the molecule is CCC(C)(CC)COC(CC)(CC)CCNC(=O)CNC(=O)c1ccc(C#N)cc1. The zero-order valence-corrected chi connectivity index (χ0v) is 19.1. The molecule has 0 bridgehead atoms. The summed E-state index contributed by atoms with van der Waals surface area (Å²) in [6, 6.07) is 8.30. The molecule has 166 valence electrons. The van der Waals surface area contributed by atoms with Gasteiger partial charge in [-0.2, -0.15) is 5.26 Å². The van der Waals surface area contributed by atoms with Crippen molar-refractivity contribution in [3.05, 3.63) is 35.4 Å². The van der Waals surface area contributed by atoms with Crippen LogP contribution in [0, 0.1) is 16.7 Å². The summed E-state index contributed by atoms with van der Waals surface area (Å²) >= 11 is 0. The van der Waals surface area contributed by atoms with Crippen LogP contribution in [0.3, 0.4) is 0 Å². The standard InChI is InChI=1S/C24H37N3O3/c1-6-23(5,7-2)18-30-24(8-3,9-4)14-15-26-21(28)17-27-22(29)20-12-10-19(16-25)11-13-20/h10-13H,6-9,14-15,17-18H2,1-5H3,(H,26,28)(H,27,29). The van der Waals surface area contributed by atoms with Gasteiger partial charge in [0.05, 0.1) is 30.4 Å². The largest absolute Gasteiger partial charge is 0.374 e. The number of hydrogen-bond donors (Lipinski definition) is 2. The van der Waals surface area contributed by atoms with Crippen molar-refractivity contribution >= 4 is 11.8 Å². The number of nitrogens with zero attached hydrogens (tertiary/aromatic N) is 1. The van der Waals surface area contributed by atoms with Crippen LogP contribution in [-0.4, -0.2) is 37.1 Å². The maximum Gasteiger partial charge on any atom is 0.251 e. The van der Waals surface area contributed by atoms with Crippen LogP contribution in [0.5, 0.6) is 0 Å². The Morgan fingerprint density at radius 1 is 1.00 bits per heavy atom. The van der Waals surface area contributed by atoms with Crippen molar-refractivity contribution in [2.24, 2.45) is 5.41 Å². The molecule has 0 fully saturated rings. The molecule has 0 heterocycles. The van der Waals surface area contributed by atoms with Crippen LogP contribution in [0.15, 0.2) is 24.3 Å². The number of rotatable bonds is 13. The molecule has 6 heteroatoms. The number of carbonyl (C=O) groups excluding carboxylic acids is 2. The van der Waals surface area contributed by atoms with Crippen molar-refractivity contribution in [1.82, 2.24) is 10.6 Å². The molecule has 1 aromatic carbocycles. The summed E-state index contributed by atoms with van der Waals surface area (Å²) in [6.45, 7) is 12.0. The molecule has 0 radical (unpaired) electrons. The van der Waals surface area contributed by atoms with Crippen molar-refractivity contribution in [1.29, 1.82) is 5.26 Å². The van der Waals surface area contributed by atoms with E-state index in [1.54, 1.807) is 24.3 Å². The minimum absolute atomic E-state index is 0.0886. The Kier molecular flexibility index (Phi) is 10.5. The molecule has 0 unspecified atom stereocenters. The molecule has 2 amide bonds. The summed E-state index contributed by atoms with van der Waals surface area (Å²) in [4.78, 5) is 24.3. The van der Waals surface area contributed by atoms with Gasteiger partial charge in [0.25, 0.3) is 5.91 Å². The molecule has 0 saturated carbocycles. The van der Waals surface area contributed by atoms with Crippen LogP contribution in [0.4, 0.5) is 0 Å². The van der Waals surface area contributed by atoms with Crippen LogP contribution in [0.2, 0.25) is 0 Å². The minimum atomic E-state index is -0.340. The van der Waals surface area contributed by atoms with Crippen molar-refractivity contribution < 1.29 is 14.3 Å². The van der Waals surface area contributed by atoms with E-state index in [0.717, 1.165) is 38.7 Å². The summed E-state index contributed by atoms with van der Waals surface area (Å²) in [7, 11) is 0. The molecule has 1 rings (SSSR count). The zero-order chi connectivity index (χ0) is 22.6. The van der Waals surface area contributed by atoms with Crippen LogP contribution < -0.4 is 10.6 Å². The van der Waals surface area contributed by atoms with E-state index in [0.29, 0.717) is 17.7 Å². The molecule has 0 aliphatic heterocycles. The lowest BCUT2D eigenvalue weighted by molar-refractivity contribution is -0.121. The lowest BCUT2D eigenvalue weighted by Gasteiger charge is -2.37. The fourth-order valence-corrected chi connectivity index (χ4v) is 3.11. The van der Waals surface area contributed by atoms with Gasteiger partial charge >= 0.3 is 0 Å². The molecule has 0 saturated heterocycles. The highest BCUT2D eigenvalue weighted by molar-refractivity contribution is 5.96. The zero-order valence-electron chi connectivity index (χ0n) is 19.1. The van der Waals surface area contributed by atoms with E-state index in [1.807, 2.05) is 6.07 Å². The van der Waals surface area contributed by atoms with E-state index in [4.69, 9.17) is 10.00 Å². The average molecular weight is 416 g/mol. The maximum atomic E-state index is 12.1. The van der Waals surface area contributed by atoms with Gasteiger partial charge in [0.15, 0.2) is 0 Å². The van der Waals surface area contributed by atoms with E-state index in [2.05, 4.69) is 45.3 Å². The number of hydrogen-bond acceptors (Lipinski definition) is 4. The molecule has 2 N–H and O–H groups in total. The van der Waals surface area contributed by atoms with Gasteiger partial charge < -0.3 is 15.4 Å². The quantitative estimate of drug-likeness (QED) is 0.505. The maximum absolute atomic E-state index is 12.1. The number of amides is 2. The lowest BCUT2D eigenvalue weighted by atomic mass is 9.85. The van der Waals surface area contributed by atoms with Gasteiger partial charge in [0, 0.05) is 12.1 Å². The predicted molar refractivity (Wildman–Crippen MR) is 119 cm³/mol. The molecule has 0 aliphatic carbocycles. The van der Waals surface area contributed by atoms with Crippen molar-refractivity contribution in [2.75, 3.05) is 19.7 Å². The van der Waals surface area contributed by atoms with Crippen LogP contribution in [0.1, 0.15) is 82.6 Å². The summed E-state index contributed by atoms with van der Waals surface area (Å²) in [6.07, 6.45) is 4.65. The first-order valence-corrected chi connectivity index (χ1v) is 11.0. The van der Waals surface area contributed by atoms with Crippen molar-refractivity contribution in [3.8, 4) is 6.07 Å². The highest BCUT2D eigenvalue weighted by atomic mass is 16.5. The Morgan fingerprint density at radius 2 is 1.60 bits per heavy atom. The fraction of sp³-hybridized carbons (Fsp3) is 0.625. The fourth-order valence-electron chi connectivity index (χ4n) is 3.11. The second kappa shape index (κ2) is 12.3. The summed E-state index contributed by atoms with van der Waals surface area (Å²) in [5.41, 5.74) is 0.834. The van der Waals surface area contributed by atoms with Crippen LogP contribution in [-0.2, 0) is 9.53 Å². The van der Waals surface area contributed by atoms with Gasteiger partial charge in [-0.3, -0.25) is 9.59 Å². The summed E-state index contributed by atoms with van der Waals surface area (Å²) in [5, 5.41) is 14.3. The van der Waals surface area contributed by atoms with Crippen LogP contribution >= 0.6 is 0 Å². The number of carbonyl (C=O) groups is 2. The Balaban J connectivity index is 2.47. The number of nitriles is 1. The Morgan fingerprint density at radius 3 is 2.10 bits per heavy atom. The van der Waals surface area contributed by atoms with Crippen molar-refractivity contribution in [3.63, 3.8) is 0 Å². The highest BCUT2D eigenvalue weighted by Crippen LogP contribution is 2.31. The lowest BCUT2D eigenvalue weighted by Crippen LogP contribution is -2.42. The Hall–Kier alpha value is -2.39. The normalized spacial score (nSPS) is 11.6. The molecule has 1 aromatic rings. The van der Waals surface area contributed by atoms with Gasteiger partial charge in [0.2, 0.25) is 5.91 Å². The molecule has 0 atom stereocenters. The van der Waals surface area contributed by atoms with Gasteiger partial charge in [-0.25, -0.2) is 0 Å². The molecule has 6 nitrogen and oxygen atoms in total. The molecule has 30 heavy (non-hydrogen) atoms. The molecule has 0 aliphatic rings. The third kappa shape index (κ3) is 7.79. The predicted octanol–water partition coefficient (Wildman–Crippen LogP) is 4.20. The molecule has 0 spiro atoms.